The van der Waals surface area contributed by atoms with Gasteiger partial charge in [0.15, 0.2) is 0 Å². The lowest BCUT2D eigenvalue weighted by Gasteiger charge is -2.35. The second-order valence-corrected chi connectivity index (χ2v) is 20.5. The average Bonchev–Trinajstić information content (AvgIpc) is 3.26. The number of pyridine rings is 1. The number of fused-ring (bicyclic) bond motifs is 1. The Morgan fingerprint density at radius 2 is 1.52 bits per heavy atom. The maximum Gasteiger partial charge on any atom is 0.410 e. The number of urea groups is 1. The van der Waals surface area contributed by atoms with E-state index in [1.165, 1.54) is 17.2 Å². The zero-order valence-electron chi connectivity index (χ0n) is 36.2. The summed E-state index contributed by atoms with van der Waals surface area (Å²) in [7, 11) is -1.33. The van der Waals surface area contributed by atoms with E-state index in [1.54, 1.807) is 52.8 Å². The number of hydrogen-bond acceptors (Lipinski definition) is 10. The summed E-state index contributed by atoms with van der Waals surface area (Å²) in [5, 5.41) is 20.1. The van der Waals surface area contributed by atoms with Crippen LogP contribution in [0.4, 0.5) is 30.1 Å². The molecule has 1 saturated heterocycles. The molecule has 7 N–H and O–H groups in total. The van der Waals surface area contributed by atoms with Crippen LogP contribution in [-0.4, -0.2) is 120 Å². The van der Waals surface area contributed by atoms with Crippen molar-refractivity contribution in [1.29, 1.82) is 0 Å². The fourth-order valence-corrected chi connectivity index (χ4v) is 8.22. The first kappa shape index (κ1) is 48.2. The number of anilines is 2. The van der Waals surface area contributed by atoms with E-state index in [0.717, 1.165) is 11.6 Å². The van der Waals surface area contributed by atoms with Crippen LogP contribution in [0.5, 0.6) is 0 Å². The van der Waals surface area contributed by atoms with Crippen molar-refractivity contribution in [1.82, 2.24) is 25.4 Å². The van der Waals surface area contributed by atoms with Crippen LogP contribution in [0.1, 0.15) is 41.3 Å². The molecule has 1 aromatic heterocycles. The van der Waals surface area contributed by atoms with Gasteiger partial charge < -0.3 is 55.9 Å². The van der Waals surface area contributed by atoms with E-state index in [9.17, 15) is 38.7 Å². The number of nitrogens with two attached hydrogens (primary N) is 1. The predicted molar refractivity (Wildman–Crippen MR) is 242 cm³/mol. The molecule has 1 aliphatic rings. The van der Waals surface area contributed by atoms with E-state index in [2.05, 4.69) is 21.3 Å². The monoisotopic (exact) mass is 906 g/mol. The molecule has 0 bridgehead atoms. The van der Waals surface area contributed by atoms with Gasteiger partial charge in [0.25, 0.3) is 0 Å². The second kappa shape index (κ2) is 22.0. The number of benzene rings is 3. The van der Waals surface area contributed by atoms with Crippen molar-refractivity contribution in [3.8, 4) is 0 Å². The van der Waals surface area contributed by atoms with Crippen molar-refractivity contribution in [2.45, 2.75) is 51.6 Å². The van der Waals surface area contributed by atoms with E-state index in [4.69, 9.17) is 15.2 Å². The molecule has 5 rings (SSSR count). The number of aromatic nitrogens is 1. The number of alkyl carbamates (subject to hydrolysis) is 1. The van der Waals surface area contributed by atoms with E-state index in [0.29, 0.717) is 35.5 Å². The predicted octanol–water partition coefficient (Wildman–Crippen LogP) is 4.18. The van der Waals surface area contributed by atoms with Gasteiger partial charge in [0.1, 0.15) is 36.7 Å². The highest BCUT2D eigenvalue weighted by Crippen LogP contribution is 2.35. The number of nitrogens with one attached hydrogen (secondary N) is 4. The Labute approximate surface area is 370 Å². The molecule has 1 fully saturated rings. The number of carbonyl (C=O) groups excluding carboxylic acids is 5. The van der Waals surface area contributed by atoms with Crippen LogP contribution in [-0.2, 0) is 38.8 Å². The Morgan fingerprint density at radius 1 is 0.859 bits per heavy atom. The molecule has 20 heteroatoms. The molecule has 0 aliphatic carbocycles. The van der Waals surface area contributed by atoms with Crippen molar-refractivity contribution in [3.63, 3.8) is 0 Å². The van der Waals surface area contributed by atoms with Gasteiger partial charge in [-0.2, -0.15) is 0 Å². The summed E-state index contributed by atoms with van der Waals surface area (Å²) in [6.07, 6.45) is 6.28. The molecule has 0 radical (unpaired) electrons. The summed E-state index contributed by atoms with van der Waals surface area (Å²) in [6, 6.07) is 15.4. The summed E-state index contributed by atoms with van der Waals surface area (Å²) in [4.78, 5) is 92.0. The lowest BCUT2D eigenvalue weighted by molar-refractivity contribution is -0.127. The number of piperazine rings is 1. The number of nitrogens with zero attached hydrogens (tertiary/aromatic N) is 3. The van der Waals surface area contributed by atoms with Crippen molar-refractivity contribution >= 4 is 68.3 Å². The number of carbonyl (C=O) groups is 6. The fraction of sp³-hybridized carbons (Fsp3) is 0.386. The summed E-state index contributed by atoms with van der Waals surface area (Å²) in [6.45, 7) is 3.21. The molecule has 2 atom stereocenters. The standard InChI is InChI=1S/C44H55FN8O10S/c1-5-51-24-32(41(57)58)38(54)31-22-33(45)37(23-36(31)51)52-18-20-53(21-19-52)44(61)63-26-29-13-15-30(16-14-29)48-39(55)34(12-9-17-47-42(46)59)49-40(56)35(27-64(2,3)4)50-43(60)62-25-28-10-7-6-8-11-28/h6-8,10-11,13-16,22-24,34-35H,5,9,12,17-21,25-27H2,1-4H3,(H,48,55)(H,49,56)(H,50,60)(H,57,58)(H3,46,47,59)/t34-,35+/m0/s1. The van der Waals surface area contributed by atoms with Crippen LogP contribution in [0, 0.1) is 5.82 Å². The Balaban J connectivity index is 1.16. The zero-order valence-corrected chi connectivity index (χ0v) is 37.0. The largest absolute Gasteiger partial charge is 0.477 e. The molecule has 2 heterocycles. The van der Waals surface area contributed by atoms with E-state index < -0.39 is 74.9 Å². The van der Waals surface area contributed by atoms with Crippen LogP contribution in [0.2, 0.25) is 0 Å². The number of halogens is 1. The second-order valence-electron chi connectivity index (χ2n) is 16.0. The number of hydrogen-bond donors (Lipinski definition) is 6. The molecule has 64 heavy (non-hydrogen) atoms. The number of primary amides is 1. The Kier molecular flexibility index (Phi) is 16.6. The van der Waals surface area contributed by atoms with Crippen molar-refractivity contribution in [2.75, 3.05) is 67.5 Å². The molecule has 6 amide bonds. The highest BCUT2D eigenvalue weighted by molar-refractivity contribution is 8.32. The maximum absolute atomic E-state index is 15.4. The lowest BCUT2D eigenvalue weighted by atomic mass is 10.1. The van der Waals surface area contributed by atoms with Gasteiger partial charge in [0, 0.05) is 62.3 Å². The molecule has 344 valence electrons. The molecular formula is C44H55FN8O10S. The molecule has 0 spiro atoms. The van der Waals surface area contributed by atoms with Crippen LogP contribution < -0.4 is 37.3 Å². The van der Waals surface area contributed by atoms with Crippen LogP contribution >= 0.6 is 10.0 Å². The number of ether oxygens (including phenoxy) is 2. The Morgan fingerprint density at radius 3 is 2.14 bits per heavy atom. The summed E-state index contributed by atoms with van der Waals surface area (Å²) in [5.41, 5.74) is 6.41. The van der Waals surface area contributed by atoms with Gasteiger partial charge in [-0.3, -0.25) is 14.4 Å². The SMILES string of the molecule is CCn1cc(C(=O)O)c(=O)c2cc(F)c(N3CCN(C(=O)OCc4ccc(NC(=O)[C@H](CCCNC(N)=O)NC(=O)[C@@H](CS(C)(C)C)NC(=O)OCc5ccccc5)cc4)CC3)cc21. The zero-order chi connectivity index (χ0) is 46.6. The normalized spacial score (nSPS) is 13.9. The van der Waals surface area contributed by atoms with Gasteiger partial charge in [0.05, 0.1) is 11.2 Å². The first-order valence-electron chi connectivity index (χ1n) is 20.6. The number of carboxylic acids is 1. The van der Waals surface area contributed by atoms with Crippen LogP contribution in [0.15, 0.2) is 77.7 Å². The van der Waals surface area contributed by atoms with E-state index in [1.807, 2.05) is 37.0 Å². The topological polar surface area (TPSA) is 244 Å². The van der Waals surface area contributed by atoms with Crippen molar-refractivity contribution in [3.05, 3.63) is 106 Å². The third kappa shape index (κ3) is 13.6. The molecule has 4 aromatic rings. The minimum atomic E-state index is -1.39. The number of carboxylic acid groups (broad SMARTS) is 1. The molecule has 0 unspecified atom stereocenters. The van der Waals surface area contributed by atoms with Gasteiger partial charge in [0.2, 0.25) is 17.2 Å². The quantitative estimate of drug-likeness (QED) is 0.0774. The first-order chi connectivity index (χ1) is 30.4. The van der Waals surface area contributed by atoms with Gasteiger partial charge in [-0.15, -0.1) is 0 Å². The van der Waals surface area contributed by atoms with Gasteiger partial charge in [-0.1, -0.05) is 42.5 Å². The van der Waals surface area contributed by atoms with Crippen LogP contribution in [0.25, 0.3) is 10.9 Å². The minimum absolute atomic E-state index is 0.00481. The van der Waals surface area contributed by atoms with E-state index >= 15 is 4.39 Å². The van der Waals surface area contributed by atoms with Crippen LogP contribution in [0.3, 0.4) is 0 Å². The number of aryl methyl sites for hydroxylation is 1. The molecular weight excluding hydrogens is 852 g/mol. The molecule has 0 saturated carbocycles. The highest BCUT2D eigenvalue weighted by atomic mass is 32.3. The van der Waals surface area contributed by atoms with Gasteiger partial charge in [-0.25, -0.2) is 33.6 Å². The third-order valence-corrected chi connectivity index (χ3v) is 11.6. The highest BCUT2D eigenvalue weighted by Gasteiger charge is 2.30. The summed E-state index contributed by atoms with van der Waals surface area (Å²) in [5.74, 6) is -2.88. The lowest BCUT2D eigenvalue weighted by Crippen LogP contribution is -2.54. The molecule has 3 aromatic carbocycles. The Bertz CT molecular complexity index is 2390. The molecule has 18 nitrogen and oxygen atoms in total. The average molecular weight is 907 g/mol. The maximum atomic E-state index is 15.4. The van der Waals surface area contributed by atoms with Crippen molar-refractivity contribution < 1.29 is 47.7 Å². The van der Waals surface area contributed by atoms with E-state index in [-0.39, 0.29) is 63.4 Å². The first-order valence-corrected chi connectivity index (χ1v) is 23.6. The summed E-state index contributed by atoms with van der Waals surface area (Å²) < 4.78 is 27.9. The fourth-order valence-electron chi connectivity index (χ4n) is 6.98. The third-order valence-electron chi connectivity index (χ3n) is 10.3. The van der Waals surface area contributed by atoms with Crippen molar-refractivity contribution in [2.24, 2.45) is 5.73 Å². The number of aromatic carboxylic acids is 1. The minimum Gasteiger partial charge on any atom is -0.477 e. The Hall–Kier alpha value is -6.83. The van der Waals surface area contributed by atoms with Gasteiger partial charge in [-0.05, 0) is 73.9 Å². The van der Waals surface area contributed by atoms with Gasteiger partial charge >= 0.3 is 24.2 Å². The smallest absolute Gasteiger partial charge is 0.410 e. The summed E-state index contributed by atoms with van der Waals surface area (Å²) >= 11 is 0. The molecule has 1 aliphatic heterocycles. The number of amides is 6. The number of rotatable bonds is 18.